The second-order valence-corrected chi connectivity index (χ2v) is 4.96. The number of nitrogens with zero attached hydrogens (tertiary/aromatic N) is 1. The second kappa shape index (κ2) is 3.21. The maximum atomic E-state index is 11.3. The van der Waals surface area contributed by atoms with Crippen molar-refractivity contribution in [3.8, 4) is 6.07 Å². The predicted molar refractivity (Wildman–Crippen MR) is 51.8 cm³/mol. The van der Waals surface area contributed by atoms with Gasteiger partial charge in [-0.2, -0.15) is 5.26 Å². The van der Waals surface area contributed by atoms with Crippen LogP contribution >= 0.6 is 0 Å². The first-order valence-electron chi connectivity index (χ1n) is 5.23. The molecule has 4 nitrogen and oxygen atoms in total. The van der Waals surface area contributed by atoms with E-state index < -0.39 is 5.60 Å². The molecule has 0 bridgehead atoms. The zero-order chi connectivity index (χ0) is 11.1. The van der Waals surface area contributed by atoms with Gasteiger partial charge in [0.2, 0.25) is 0 Å². The highest BCUT2D eigenvalue weighted by Gasteiger charge is 2.54. The van der Waals surface area contributed by atoms with Crippen molar-refractivity contribution < 1.29 is 14.3 Å². The summed E-state index contributed by atoms with van der Waals surface area (Å²) in [6.07, 6.45) is 1.48. The van der Waals surface area contributed by atoms with Crippen LogP contribution in [0.5, 0.6) is 0 Å². The molecule has 2 heterocycles. The third kappa shape index (κ3) is 1.72. The lowest BCUT2D eigenvalue weighted by Crippen LogP contribution is -2.49. The number of carbonyl (C=O) groups is 1. The lowest BCUT2D eigenvalue weighted by atomic mass is 9.76. The number of esters is 1. The van der Waals surface area contributed by atoms with Crippen molar-refractivity contribution >= 4 is 5.97 Å². The van der Waals surface area contributed by atoms with E-state index in [4.69, 9.17) is 14.7 Å². The number of rotatable bonds is 0. The molecule has 0 aromatic heterocycles. The summed E-state index contributed by atoms with van der Waals surface area (Å²) in [6, 6.07) is 2.19. The van der Waals surface area contributed by atoms with E-state index in [1.54, 1.807) is 0 Å². The maximum Gasteiger partial charge on any atom is 0.307 e. The molecule has 2 saturated heterocycles. The van der Waals surface area contributed by atoms with Gasteiger partial charge in [0.15, 0.2) is 0 Å². The van der Waals surface area contributed by atoms with Crippen molar-refractivity contribution in [2.24, 2.45) is 5.92 Å². The van der Waals surface area contributed by atoms with Gasteiger partial charge in [0, 0.05) is 12.8 Å². The van der Waals surface area contributed by atoms with Gasteiger partial charge in [0.25, 0.3) is 0 Å². The summed E-state index contributed by atoms with van der Waals surface area (Å²) in [5.41, 5.74) is -0.897. The summed E-state index contributed by atoms with van der Waals surface area (Å²) in [4.78, 5) is 11.3. The molecular formula is C11H15NO3. The van der Waals surface area contributed by atoms with Gasteiger partial charge in [-0.1, -0.05) is 0 Å². The Morgan fingerprint density at radius 1 is 1.53 bits per heavy atom. The van der Waals surface area contributed by atoms with E-state index in [0.29, 0.717) is 19.4 Å². The minimum Gasteiger partial charge on any atom is -0.457 e. The van der Waals surface area contributed by atoms with Gasteiger partial charge in [-0.15, -0.1) is 0 Å². The molecule has 0 saturated carbocycles. The highest BCUT2D eigenvalue weighted by Crippen LogP contribution is 2.45. The summed E-state index contributed by atoms with van der Waals surface area (Å²) >= 11 is 0. The Hall–Kier alpha value is -1.08. The van der Waals surface area contributed by atoms with Crippen molar-refractivity contribution in [3.05, 3.63) is 0 Å². The first-order chi connectivity index (χ1) is 6.97. The summed E-state index contributed by atoms with van der Waals surface area (Å²) in [6.45, 7) is 4.49. The Morgan fingerprint density at radius 3 is 2.87 bits per heavy atom. The monoisotopic (exact) mass is 209 g/mol. The van der Waals surface area contributed by atoms with Crippen LogP contribution in [-0.2, 0) is 14.3 Å². The average Bonchev–Trinajstić information content (AvgIpc) is 2.39. The Morgan fingerprint density at radius 2 is 2.27 bits per heavy atom. The van der Waals surface area contributed by atoms with Crippen LogP contribution in [0.3, 0.4) is 0 Å². The van der Waals surface area contributed by atoms with Gasteiger partial charge in [-0.3, -0.25) is 4.79 Å². The molecule has 0 aromatic carbocycles. The molecule has 2 rings (SSSR count). The average molecular weight is 209 g/mol. The van der Waals surface area contributed by atoms with Gasteiger partial charge in [-0.05, 0) is 13.8 Å². The Kier molecular flexibility index (Phi) is 2.23. The zero-order valence-electron chi connectivity index (χ0n) is 9.08. The molecule has 15 heavy (non-hydrogen) atoms. The predicted octanol–water partition coefficient (Wildman–Crippen LogP) is 1.40. The van der Waals surface area contributed by atoms with Crippen LogP contribution < -0.4 is 0 Å². The molecule has 0 aromatic rings. The molecule has 2 aliphatic rings. The fourth-order valence-corrected chi connectivity index (χ4v) is 2.60. The normalized spacial score (nSPS) is 38.7. The quantitative estimate of drug-likeness (QED) is 0.566. The van der Waals surface area contributed by atoms with E-state index in [1.807, 2.05) is 13.8 Å². The van der Waals surface area contributed by atoms with E-state index >= 15 is 0 Å². The SMILES string of the molecule is CC1(C)C[C@]2(CCO1)OC(=O)C[C@H]2C#N. The second-order valence-electron chi connectivity index (χ2n) is 4.96. The van der Waals surface area contributed by atoms with E-state index in [2.05, 4.69) is 6.07 Å². The molecule has 1 spiro atoms. The fraction of sp³-hybridized carbons (Fsp3) is 0.818. The van der Waals surface area contributed by atoms with Crippen molar-refractivity contribution in [3.63, 3.8) is 0 Å². The van der Waals surface area contributed by atoms with E-state index in [0.717, 1.165) is 0 Å². The van der Waals surface area contributed by atoms with Gasteiger partial charge < -0.3 is 9.47 Å². The first kappa shape index (κ1) is 10.4. The molecule has 4 heteroatoms. The van der Waals surface area contributed by atoms with Crippen LogP contribution in [-0.4, -0.2) is 23.8 Å². The van der Waals surface area contributed by atoms with Gasteiger partial charge in [0.1, 0.15) is 5.60 Å². The molecule has 82 valence electrons. The molecule has 0 unspecified atom stereocenters. The molecule has 0 radical (unpaired) electrons. The maximum absolute atomic E-state index is 11.3. The molecule has 0 N–H and O–H groups in total. The number of ether oxygens (including phenoxy) is 2. The van der Waals surface area contributed by atoms with Crippen molar-refractivity contribution in [1.82, 2.24) is 0 Å². The summed E-state index contributed by atoms with van der Waals surface area (Å²) in [5, 5.41) is 9.05. The molecule has 0 aliphatic carbocycles. The Bertz CT molecular complexity index is 331. The van der Waals surface area contributed by atoms with Gasteiger partial charge >= 0.3 is 5.97 Å². The van der Waals surface area contributed by atoms with Gasteiger partial charge in [-0.25, -0.2) is 0 Å². The zero-order valence-corrected chi connectivity index (χ0v) is 9.08. The summed E-state index contributed by atoms with van der Waals surface area (Å²) in [5.74, 6) is -0.563. The Balaban J connectivity index is 2.25. The van der Waals surface area contributed by atoms with Crippen LogP contribution in [0, 0.1) is 17.2 Å². The molecule has 2 fully saturated rings. The van der Waals surface area contributed by atoms with Crippen LogP contribution in [0.15, 0.2) is 0 Å². The van der Waals surface area contributed by atoms with Crippen LogP contribution in [0.4, 0.5) is 0 Å². The van der Waals surface area contributed by atoms with E-state index in [1.165, 1.54) is 0 Å². The highest BCUT2D eigenvalue weighted by atomic mass is 16.6. The Labute approximate surface area is 89.2 Å². The highest BCUT2D eigenvalue weighted by molar-refractivity contribution is 5.73. The summed E-state index contributed by atoms with van der Waals surface area (Å²) < 4.78 is 11.0. The van der Waals surface area contributed by atoms with Crippen LogP contribution in [0.25, 0.3) is 0 Å². The minimum atomic E-state index is -0.590. The van der Waals surface area contributed by atoms with Gasteiger partial charge in [0.05, 0.1) is 30.6 Å². The van der Waals surface area contributed by atoms with Crippen molar-refractivity contribution in [2.45, 2.75) is 44.3 Å². The molecular weight excluding hydrogens is 194 g/mol. The number of hydrogen-bond acceptors (Lipinski definition) is 4. The molecule has 0 amide bonds. The van der Waals surface area contributed by atoms with Crippen molar-refractivity contribution in [2.75, 3.05) is 6.61 Å². The number of carbonyl (C=O) groups excluding carboxylic acids is 1. The van der Waals surface area contributed by atoms with Crippen molar-refractivity contribution in [1.29, 1.82) is 5.26 Å². The largest absolute Gasteiger partial charge is 0.457 e. The lowest BCUT2D eigenvalue weighted by Gasteiger charge is -2.42. The van der Waals surface area contributed by atoms with Crippen LogP contribution in [0.1, 0.15) is 33.1 Å². The topological polar surface area (TPSA) is 59.3 Å². The lowest BCUT2D eigenvalue weighted by molar-refractivity contribution is -0.175. The standard InChI is InChI=1S/C11H15NO3/c1-10(2)7-11(3-4-14-10)8(6-12)5-9(13)15-11/h8H,3-5,7H2,1-2H3/t8-,11-/m0/s1. The smallest absolute Gasteiger partial charge is 0.307 e. The fourth-order valence-electron chi connectivity index (χ4n) is 2.60. The third-order valence-electron chi connectivity index (χ3n) is 3.22. The van der Waals surface area contributed by atoms with E-state index in [-0.39, 0.29) is 23.9 Å². The summed E-state index contributed by atoms with van der Waals surface area (Å²) in [7, 11) is 0. The number of hydrogen-bond donors (Lipinski definition) is 0. The first-order valence-corrected chi connectivity index (χ1v) is 5.23. The molecule has 2 aliphatic heterocycles. The van der Waals surface area contributed by atoms with E-state index in [9.17, 15) is 4.79 Å². The van der Waals surface area contributed by atoms with Crippen LogP contribution in [0.2, 0.25) is 0 Å². The third-order valence-corrected chi connectivity index (χ3v) is 3.22. The number of nitriles is 1. The molecule has 2 atom stereocenters. The minimum absolute atomic E-state index is 0.229.